The van der Waals surface area contributed by atoms with Gasteiger partial charge in [-0.25, -0.2) is 0 Å². The molecule has 0 aromatic carbocycles. The molecule has 0 saturated carbocycles. The van der Waals surface area contributed by atoms with Crippen LogP contribution in [0, 0.1) is 0 Å². The smallest absolute Gasteiger partial charge is 0.0786 e. The molecule has 0 heterocycles. The van der Waals surface area contributed by atoms with Gasteiger partial charge in [0, 0.05) is 7.26 Å². The van der Waals surface area contributed by atoms with Crippen molar-refractivity contribution in [3.8, 4) is 0 Å². The fraction of sp³-hybridized carbons (Fsp3) is 1.00. The van der Waals surface area contributed by atoms with Crippen molar-refractivity contribution >= 4 is 7.26 Å². The molecule has 0 radical (unpaired) electrons. The van der Waals surface area contributed by atoms with Gasteiger partial charge in [0.1, 0.15) is 0 Å². The Balaban J connectivity index is -0.000000269. The average molecular weight is 617 g/mol. The molecule has 0 N–H and O–H groups in total. The molecule has 0 rings (SSSR count). The van der Waals surface area contributed by atoms with Crippen molar-refractivity contribution in [2.45, 2.75) is 158 Å². The molecule has 0 atom stereocenters. The van der Waals surface area contributed by atoms with E-state index in [2.05, 4.69) is 55.4 Å². The first-order valence-corrected chi connectivity index (χ1v) is 18.7. The highest BCUT2D eigenvalue weighted by atomic mass is 79.9. The SMILES string of the molecule is CCCC[N+](CCCC)(CCCC)CCCC.CCCC[P+](CCCC)(CCCC)CCCC.[Br-].[Cl-]. The first-order chi connectivity index (χ1) is 16.5. The summed E-state index contributed by atoms with van der Waals surface area (Å²) in [6.45, 7) is 24.4. The topological polar surface area (TPSA) is 0 Å². The van der Waals surface area contributed by atoms with Crippen LogP contribution in [-0.2, 0) is 0 Å². The number of nitrogens with zero attached hydrogens (tertiary/aromatic N) is 1. The number of quaternary nitrogens is 1. The van der Waals surface area contributed by atoms with Gasteiger partial charge in [0.15, 0.2) is 0 Å². The quantitative estimate of drug-likeness (QED) is 0.103. The number of hydrogen-bond donors (Lipinski definition) is 0. The van der Waals surface area contributed by atoms with Crippen molar-refractivity contribution in [1.29, 1.82) is 0 Å². The summed E-state index contributed by atoms with van der Waals surface area (Å²) in [5, 5.41) is 0. The Morgan fingerprint density at radius 3 is 0.722 bits per heavy atom. The first kappa shape index (κ1) is 44.2. The summed E-state index contributed by atoms with van der Waals surface area (Å²) in [7, 11) is -0.562. The van der Waals surface area contributed by atoms with E-state index in [-0.39, 0.29) is 29.4 Å². The second-order valence-electron chi connectivity index (χ2n) is 11.3. The van der Waals surface area contributed by atoms with Gasteiger partial charge in [-0.2, -0.15) is 0 Å². The Morgan fingerprint density at radius 2 is 0.556 bits per heavy atom. The molecule has 0 saturated heterocycles. The normalized spacial score (nSPS) is 11.3. The second kappa shape index (κ2) is 32.4. The molecule has 0 aliphatic carbocycles. The molecule has 0 unspecified atom stereocenters. The lowest BCUT2D eigenvalue weighted by atomic mass is 10.1. The van der Waals surface area contributed by atoms with Crippen molar-refractivity contribution in [2.24, 2.45) is 0 Å². The molecular formula is C32H72BrClNP. The summed E-state index contributed by atoms with van der Waals surface area (Å²) in [6, 6.07) is 0. The van der Waals surface area contributed by atoms with Crippen LogP contribution in [0.2, 0.25) is 0 Å². The lowest BCUT2D eigenvalue weighted by Crippen LogP contribution is -3.00. The monoisotopic (exact) mass is 615 g/mol. The molecule has 0 aromatic rings. The van der Waals surface area contributed by atoms with E-state index < -0.39 is 7.26 Å². The minimum absolute atomic E-state index is 0. The van der Waals surface area contributed by atoms with Crippen LogP contribution in [-0.4, -0.2) is 55.3 Å². The molecule has 0 aliphatic heterocycles. The van der Waals surface area contributed by atoms with Gasteiger partial charge in [-0.05, 0) is 51.4 Å². The highest BCUT2D eigenvalue weighted by Crippen LogP contribution is 2.61. The van der Waals surface area contributed by atoms with Crippen molar-refractivity contribution in [2.75, 3.05) is 50.8 Å². The highest BCUT2D eigenvalue weighted by Gasteiger charge is 2.34. The minimum atomic E-state index is -0.562. The van der Waals surface area contributed by atoms with Crippen molar-refractivity contribution < 1.29 is 33.9 Å². The van der Waals surface area contributed by atoms with Gasteiger partial charge >= 0.3 is 0 Å². The van der Waals surface area contributed by atoms with Crippen LogP contribution in [0.25, 0.3) is 0 Å². The predicted molar refractivity (Wildman–Crippen MR) is 165 cm³/mol. The molecule has 0 amide bonds. The van der Waals surface area contributed by atoms with E-state index in [0.717, 1.165) is 0 Å². The average Bonchev–Trinajstić information content (AvgIpc) is 2.87. The first-order valence-electron chi connectivity index (χ1n) is 16.2. The molecular weight excluding hydrogens is 545 g/mol. The maximum Gasteiger partial charge on any atom is 0.0786 e. The van der Waals surface area contributed by atoms with E-state index in [0.29, 0.717) is 0 Å². The summed E-state index contributed by atoms with van der Waals surface area (Å²) in [5.41, 5.74) is 0. The van der Waals surface area contributed by atoms with Gasteiger partial charge in [-0.3, -0.25) is 0 Å². The Labute approximate surface area is 249 Å². The molecule has 0 aromatic heterocycles. The predicted octanol–water partition coefficient (Wildman–Crippen LogP) is 5.22. The van der Waals surface area contributed by atoms with E-state index in [9.17, 15) is 0 Å². The molecule has 1 nitrogen and oxygen atoms in total. The van der Waals surface area contributed by atoms with Crippen LogP contribution in [0.4, 0.5) is 0 Å². The van der Waals surface area contributed by atoms with Crippen molar-refractivity contribution in [1.82, 2.24) is 0 Å². The summed E-state index contributed by atoms with van der Waals surface area (Å²) in [5.74, 6) is 0. The Kier molecular flexibility index (Phi) is 39.7. The van der Waals surface area contributed by atoms with Gasteiger partial charge in [0.2, 0.25) is 0 Å². The van der Waals surface area contributed by atoms with Crippen LogP contribution in [0.1, 0.15) is 158 Å². The molecule has 0 aliphatic rings. The van der Waals surface area contributed by atoms with Gasteiger partial charge in [-0.1, -0.05) is 107 Å². The molecule has 0 fully saturated rings. The van der Waals surface area contributed by atoms with Crippen LogP contribution >= 0.6 is 7.26 Å². The summed E-state index contributed by atoms with van der Waals surface area (Å²) < 4.78 is 1.42. The third-order valence-corrected chi connectivity index (χ3v) is 12.9. The second-order valence-corrected chi connectivity index (χ2v) is 15.8. The van der Waals surface area contributed by atoms with Crippen LogP contribution < -0.4 is 29.4 Å². The fourth-order valence-corrected chi connectivity index (χ4v) is 10.6. The zero-order chi connectivity index (χ0) is 26.0. The fourth-order valence-electron chi connectivity index (χ4n) is 5.29. The lowest BCUT2D eigenvalue weighted by molar-refractivity contribution is -0.929. The number of hydrogen-bond acceptors (Lipinski definition) is 0. The Morgan fingerprint density at radius 1 is 0.361 bits per heavy atom. The molecule has 224 valence electrons. The maximum atomic E-state index is 2.36. The van der Waals surface area contributed by atoms with Crippen LogP contribution in [0.3, 0.4) is 0 Å². The molecule has 0 spiro atoms. The van der Waals surface area contributed by atoms with E-state index >= 15 is 0 Å². The van der Waals surface area contributed by atoms with Crippen LogP contribution in [0.15, 0.2) is 0 Å². The number of halogens is 2. The van der Waals surface area contributed by atoms with E-state index in [1.165, 1.54) is 133 Å². The van der Waals surface area contributed by atoms with E-state index in [1.807, 2.05) is 0 Å². The maximum absolute atomic E-state index is 2.36. The van der Waals surface area contributed by atoms with Crippen LogP contribution in [0.5, 0.6) is 0 Å². The third kappa shape index (κ3) is 24.2. The molecule has 36 heavy (non-hydrogen) atoms. The van der Waals surface area contributed by atoms with E-state index in [4.69, 9.17) is 0 Å². The van der Waals surface area contributed by atoms with Crippen molar-refractivity contribution in [3.63, 3.8) is 0 Å². The largest absolute Gasteiger partial charge is 1.00 e. The van der Waals surface area contributed by atoms with Gasteiger partial charge in [-0.15, -0.1) is 0 Å². The van der Waals surface area contributed by atoms with Gasteiger partial charge in [0.05, 0.1) is 50.8 Å². The summed E-state index contributed by atoms with van der Waals surface area (Å²) in [4.78, 5) is 0. The molecule has 4 heteroatoms. The zero-order valence-corrected chi connectivity index (χ0v) is 29.9. The van der Waals surface area contributed by atoms with Crippen molar-refractivity contribution in [3.05, 3.63) is 0 Å². The standard InChI is InChI=1S/C16H36N.C16H36P.BrH.ClH/c2*1-5-9-13-17(14-10-6-2,15-11-7-3)16-12-8-4;;/h2*5-16H2,1-4H3;2*1H/q2*+1;;/p-2. The third-order valence-electron chi connectivity index (χ3n) is 7.89. The van der Waals surface area contributed by atoms with Gasteiger partial charge < -0.3 is 33.9 Å². The lowest BCUT2D eigenvalue weighted by Gasteiger charge is -2.39. The molecule has 0 bridgehead atoms. The minimum Gasteiger partial charge on any atom is -1.00 e. The Hall–Kier alpha value is 1.16. The Bertz CT molecular complexity index is 283. The zero-order valence-electron chi connectivity index (χ0n) is 26.6. The van der Waals surface area contributed by atoms with Gasteiger partial charge in [0.25, 0.3) is 0 Å². The highest BCUT2D eigenvalue weighted by molar-refractivity contribution is 7.75. The number of rotatable bonds is 24. The number of unbranched alkanes of at least 4 members (excludes halogenated alkanes) is 8. The van der Waals surface area contributed by atoms with E-state index in [1.54, 1.807) is 24.6 Å². The summed E-state index contributed by atoms with van der Waals surface area (Å²) in [6.07, 6.45) is 29.0. The summed E-state index contributed by atoms with van der Waals surface area (Å²) >= 11 is 0.